The van der Waals surface area contributed by atoms with Crippen LogP contribution in [0.4, 0.5) is 11.4 Å². The third-order valence-electron chi connectivity index (χ3n) is 7.30. The van der Waals surface area contributed by atoms with Gasteiger partial charge in [0.25, 0.3) is 5.91 Å². The van der Waals surface area contributed by atoms with Gasteiger partial charge in [-0.15, -0.1) is 0 Å². The number of anilines is 2. The van der Waals surface area contributed by atoms with Gasteiger partial charge < -0.3 is 24.4 Å². The van der Waals surface area contributed by atoms with Crippen LogP contribution in [0.2, 0.25) is 0 Å². The van der Waals surface area contributed by atoms with Crippen LogP contribution in [0.15, 0.2) is 72.8 Å². The first-order chi connectivity index (χ1) is 17.6. The van der Waals surface area contributed by atoms with E-state index >= 15 is 0 Å². The Kier molecular flexibility index (Phi) is 6.59. The van der Waals surface area contributed by atoms with E-state index in [0.29, 0.717) is 35.3 Å². The zero-order valence-corrected chi connectivity index (χ0v) is 21.2. The third-order valence-corrected chi connectivity index (χ3v) is 7.30. The molecule has 0 saturated heterocycles. The van der Waals surface area contributed by atoms with Gasteiger partial charge in [-0.2, -0.15) is 0 Å². The van der Waals surface area contributed by atoms with Gasteiger partial charge in [-0.1, -0.05) is 42.5 Å². The summed E-state index contributed by atoms with van der Waals surface area (Å²) in [6.07, 6.45) is 5.47. The van der Waals surface area contributed by atoms with Crippen molar-refractivity contribution >= 4 is 17.3 Å². The molecule has 3 unspecified atom stereocenters. The molecule has 2 aliphatic rings. The van der Waals surface area contributed by atoms with Crippen molar-refractivity contribution in [3.63, 3.8) is 0 Å². The van der Waals surface area contributed by atoms with Gasteiger partial charge in [-0.3, -0.25) is 4.79 Å². The summed E-state index contributed by atoms with van der Waals surface area (Å²) in [7, 11) is 4.87. The second-order valence-corrected chi connectivity index (χ2v) is 9.09. The number of hydrogen-bond acceptors (Lipinski definition) is 5. The molecule has 0 bridgehead atoms. The summed E-state index contributed by atoms with van der Waals surface area (Å²) in [6, 6.07) is 19.8. The average Bonchev–Trinajstić information content (AvgIpc) is 3.42. The molecule has 1 aliphatic carbocycles. The molecule has 1 heterocycles. The summed E-state index contributed by atoms with van der Waals surface area (Å²) >= 11 is 0. The summed E-state index contributed by atoms with van der Waals surface area (Å²) in [5, 5.41) is 3.77. The van der Waals surface area contributed by atoms with Gasteiger partial charge in [0.1, 0.15) is 0 Å². The molecule has 0 fully saturated rings. The van der Waals surface area contributed by atoms with E-state index in [1.165, 1.54) is 0 Å². The Morgan fingerprint density at radius 1 is 0.972 bits per heavy atom. The fourth-order valence-corrected chi connectivity index (χ4v) is 5.61. The van der Waals surface area contributed by atoms with Crippen LogP contribution in [0.3, 0.4) is 0 Å². The summed E-state index contributed by atoms with van der Waals surface area (Å²) in [5.74, 6) is 2.31. The fraction of sp³-hybridized carbons (Fsp3) is 0.300. The molecule has 5 rings (SSSR count). The number of nitrogens with one attached hydrogen (secondary N) is 1. The Morgan fingerprint density at radius 3 is 2.33 bits per heavy atom. The Balaban J connectivity index is 1.60. The van der Waals surface area contributed by atoms with Crippen molar-refractivity contribution in [2.75, 3.05) is 38.1 Å². The van der Waals surface area contributed by atoms with E-state index in [1.807, 2.05) is 66.4 Å². The minimum Gasteiger partial charge on any atom is -0.493 e. The smallest absolute Gasteiger partial charge is 0.260 e. The van der Waals surface area contributed by atoms with E-state index in [-0.39, 0.29) is 17.9 Å². The van der Waals surface area contributed by atoms with Crippen LogP contribution in [-0.4, -0.2) is 33.8 Å². The minimum atomic E-state index is -0.0352. The van der Waals surface area contributed by atoms with Crippen LogP contribution >= 0.6 is 0 Å². The topological polar surface area (TPSA) is 60.0 Å². The number of methoxy groups -OCH3 is 3. The van der Waals surface area contributed by atoms with Crippen LogP contribution < -0.4 is 24.4 Å². The number of ether oxygens (including phenoxy) is 3. The first-order valence-corrected chi connectivity index (χ1v) is 12.3. The third kappa shape index (κ3) is 3.96. The Hall–Kier alpha value is -3.93. The summed E-state index contributed by atoms with van der Waals surface area (Å²) in [6.45, 7) is 2.58. The fourth-order valence-electron chi connectivity index (χ4n) is 5.61. The molecular formula is C30H32N2O4. The Bertz CT molecular complexity index is 1260. The lowest BCUT2D eigenvalue weighted by Crippen LogP contribution is -2.34. The van der Waals surface area contributed by atoms with Crippen molar-refractivity contribution < 1.29 is 19.0 Å². The van der Waals surface area contributed by atoms with E-state index in [9.17, 15) is 4.79 Å². The van der Waals surface area contributed by atoms with Gasteiger partial charge in [0, 0.05) is 18.2 Å². The molecule has 0 spiro atoms. The largest absolute Gasteiger partial charge is 0.493 e. The lowest BCUT2D eigenvalue weighted by Gasteiger charge is -2.39. The molecule has 186 valence electrons. The van der Waals surface area contributed by atoms with E-state index in [0.717, 1.165) is 28.9 Å². The molecule has 1 aliphatic heterocycles. The quantitative estimate of drug-likeness (QED) is 0.404. The van der Waals surface area contributed by atoms with Gasteiger partial charge in [0.05, 0.1) is 38.6 Å². The number of nitrogens with zero attached hydrogens (tertiary/aromatic N) is 1. The first-order valence-electron chi connectivity index (χ1n) is 12.3. The van der Waals surface area contributed by atoms with Gasteiger partial charge in [-0.05, 0) is 60.7 Å². The maximum atomic E-state index is 13.9. The van der Waals surface area contributed by atoms with Gasteiger partial charge in [-0.25, -0.2) is 0 Å². The van der Waals surface area contributed by atoms with Gasteiger partial charge in [0.15, 0.2) is 11.5 Å². The van der Waals surface area contributed by atoms with Crippen LogP contribution in [0.25, 0.3) is 0 Å². The molecule has 3 aromatic rings. The van der Waals surface area contributed by atoms with Crippen molar-refractivity contribution in [2.45, 2.75) is 25.3 Å². The Labute approximate surface area is 212 Å². The SMILES string of the molecule is CCN(C(=O)c1cccc2c1NC(c1cc(OC)c(OC)c(OC)c1)C1CC=CC21)c1ccccc1. The molecule has 0 radical (unpaired) electrons. The number of hydrogen-bond donors (Lipinski definition) is 1. The van der Waals surface area contributed by atoms with Crippen LogP contribution in [0, 0.1) is 5.92 Å². The molecule has 6 nitrogen and oxygen atoms in total. The molecular weight excluding hydrogens is 452 g/mol. The van der Waals surface area contributed by atoms with Crippen LogP contribution in [0.5, 0.6) is 17.2 Å². The summed E-state index contributed by atoms with van der Waals surface area (Å²) in [4.78, 5) is 15.7. The maximum Gasteiger partial charge on any atom is 0.260 e. The molecule has 0 saturated carbocycles. The first kappa shape index (κ1) is 23.8. The molecule has 1 amide bonds. The number of para-hydroxylation sites is 2. The zero-order chi connectivity index (χ0) is 25.2. The van der Waals surface area contributed by atoms with E-state index in [2.05, 4.69) is 23.5 Å². The number of amides is 1. The number of fused-ring (bicyclic) bond motifs is 3. The Morgan fingerprint density at radius 2 is 1.69 bits per heavy atom. The highest BCUT2D eigenvalue weighted by atomic mass is 16.5. The van der Waals surface area contributed by atoms with Crippen LogP contribution in [0.1, 0.15) is 46.8 Å². The van der Waals surface area contributed by atoms with Crippen LogP contribution in [-0.2, 0) is 0 Å². The van der Waals surface area contributed by atoms with Gasteiger partial charge in [0.2, 0.25) is 5.75 Å². The number of benzene rings is 3. The van der Waals surface area contributed by atoms with Crippen molar-refractivity contribution in [2.24, 2.45) is 5.92 Å². The monoisotopic (exact) mass is 484 g/mol. The predicted molar refractivity (Wildman–Crippen MR) is 143 cm³/mol. The van der Waals surface area contributed by atoms with Crippen molar-refractivity contribution in [3.8, 4) is 17.2 Å². The molecule has 3 aromatic carbocycles. The van der Waals surface area contributed by atoms with E-state index < -0.39 is 0 Å². The highest BCUT2D eigenvalue weighted by Gasteiger charge is 2.40. The second-order valence-electron chi connectivity index (χ2n) is 9.09. The predicted octanol–water partition coefficient (Wildman–Crippen LogP) is 6.21. The lowest BCUT2D eigenvalue weighted by molar-refractivity contribution is 0.0988. The normalized spacial score (nSPS) is 19.6. The minimum absolute atomic E-state index is 0.0166. The summed E-state index contributed by atoms with van der Waals surface area (Å²) < 4.78 is 16.8. The standard InChI is InChI=1S/C30H32N2O4/c1-5-32(20-11-7-6-8-12-20)30(33)24-16-10-15-23-21-13-9-14-22(21)27(31-28(23)24)19-17-25(34-2)29(36-4)26(18-19)35-3/h6-13,15-18,21-22,27,31H,5,14H2,1-4H3. The van der Waals surface area contributed by atoms with Crippen molar-refractivity contribution in [1.82, 2.24) is 0 Å². The lowest BCUT2D eigenvalue weighted by atomic mass is 9.76. The highest BCUT2D eigenvalue weighted by molar-refractivity contribution is 6.10. The zero-order valence-electron chi connectivity index (χ0n) is 21.2. The second kappa shape index (κ2) is 9.97. The summed E-state index contributed by atoms with van der Waals surface area (Å²) in [5.41, 5.74) is 4.65. The molecule has 6 heteroatoms. The maximum absolute atomic E-state index is 13.9. The van der Waals surface area contributed by atoms with Crippen molar-refractivity contribution in [3.05, 3.63) is 89.5 Å². The molecule has 0 aromatic heterocycles. The number of carbonyl (C=O) groups is 1. The molecule has 1 N–H and O–H groups in total. The van der Waals surface area contributed by atoms with E-state index in [1.54, 1.807) is 21.3 Å². The molecule has 3 atom stereocenters. The molecule has 36 heavy (non-hydrogen) atoms. The van der Waals surface area contributed by atoms with Gasteiger partial charge >= 0.3 is 0 Å². The average molecular weight is 485 g/mol. The number of rotatable bonds is 7. The van der Waals surface area contributed by atoms with Crippen molar-refractivity contribution in [1.29, 1.82) is 0 Å². The van der Waals surface area contributed by atoms with E-state index in [4.69, 9.17) is 14.2 Å². The number of carbonyl (C=O) groups excluding carboxylic acids is 1. The number of allylic oxidation sites excluding steroid dienone is 2. The highest BCUT2D eigenvalue weighted by Crippen LogP contribution is 2.52.